The monoisotopic (exact) mass is 373 g/mol. The van der Waals surface area contributed by atoms with Gasteiger partial charge in [0.25, 0.3) is 5.91 Å². The minimum Gasteiger partial charge on any atom is -0.364 e. The molecule has 150 valence electrons. The molecule has 0 atom stereocenters. The maximum absolute atomic E-state index is 12.6. The standard InChI is InChI=1S/C21H35N5O/c1-19(2,3)12-21(7,8)25-17-15(20(4,5)6)24-16-14(11-22-26(16)17)18(27)23-13-9-10-13/h11,13,22,25H,9-10,12H2,1-8H3,(H,23,27). The second-order valence-electron chi connectivity index (χ2n) is 10.9. The van der Waals surface area contributed by atoms with Crippen LogP contribution in [0.3, 0.4) is 0 Å². The molecule has 2 heterocycles. The van der Waals surface area contributed by atoms with E-state index < -0.39 is 0 Å². The van der Waals surface area contributed by atoms with E-state index in [4.69, 9.17) is 4.98 Å². The number of fused-ring (bicyclic) bond motifs is 1. The van der Waals surface area contributed by atoms with Crippen molar-refractivity contribution in [2.45, 2.75) is 91.6 Å². The number of carbonyl (C=O) groups excluding carboxylic acids is 1. The molecule has 1 amide bonds. The second-order valence-corrected chi connectivity index (χ2v) is 10.9. The number of nitrogens with one attached hydrogen (secondary N) is 3. The molecule has 0 bridgehead atoms. The highest BCUT2D eigenvalue weighted by atomic mass is 16.1. The lowest BCUT2D eigenvalue weighted by atomic mass is 9.81. The van der Waals surface area contributed by atoms with Crippen molar-refractivity contribution in [2.24, 2.45) is 5.41 Å². The van der Waals surface area contributed by atoms with Gasteiger partial charge in [0, 0.05) is 23.2 Å². The number of aromatic amines is 1. The molecule has 0 saturated heterocycles. The lowest BCUT2D eigenvalue weighted by Gasteiger charge is -2.34. The fraction of sp³-hybridized carbons (Fsp3) is 0.714. The first-order chi connectivity index (χ1) is 12.3. The number of anilines is 1. The molecule has 1 fully saturated rings. The zero-order valence-electron chi connectivity index (χ0n) is 18.1. The number of nitrogens with zero attached hydrogens (tertiary/aromatic N) is 2. The number of hydrogen-bond acceptors (Lipinski definition) is 3. The van der Waals surface area contributed by atoms with Crippen LogP contribution in [0.2, 0.25) is 0 Å². The number of aromatic nitrogens is 3. The normalized spacial score (nSPS) is 16.0. The molecule has 1 saturated carbocycles. The van der Waals surface area contributed by atoms with Crippen LogP contribution < -0.4 is 10.6 Å². The zero-order valence-corrected chi connectivity index (χ0v) is 18.1. The van der Waals surface area contributed by atoms with Crippen molar-refractivity contribution < 1.29 is 4.79 Å². The lowest BCUT2D eigenvalue weighted by molar-refractivity contribution is 0.0952. The Hall–Kier alpha value is -1.98. The molecule has 2 aromatic heterocycles. The lowest BCUT2D eigenvalue weighted by Crippen LogP contribution is -2.36. The smallest absolute Gasteiger partial charge is 0.256 e. The maximum atomic E-state index is 12.6. The molecule has 3 N–H and O–H groups in total. The summed E-state index contributed by atoms with van der Waals surface area (Å²) in [5, 5.41) is 10.0. The third kappa shape index (κ3) is 4.47. The first kappa shape index (κ1) is 19.8. The largest absolute Gasteiger partial charge is 0.364 e. The topological polar surface area (TPSA) is 74.2 Å². The molecule has 6 nitrogen and oxygen atoms in total. The van der Waals surface area contributed by atoms with E-state index in [-0.39, 0.29) is 22.3 Å². The molecular formula is C21H35N5O. The van der Waals surface area contributed by atoms with Crippen LogP contribution in [0.4, 0.5) is 5.82 Å². The quantitative estimate of drug-likeness (QED) is 0.723. The van der Waals surface area contributed by atoms with Gasteiger partial charge in [0.2, 0.25) is 0 Å². The number of hydrogen-bond donors (Lipinski definition) is 3. The average Bonchev–Trinajstić information content (AvgIpc) is 3.04. The summed E-state index contributed by atoms with van der Waals surface area (Å²) in [7, 11) is 0. The summed E-state index contributed by atoms with van der Waals surface area (Å²) >= 11 is 0. The summed E-state index contributed by atoms with van der Waals surface area (Å²) in [5.41, 5.74) is 2.21. The Morgan fingerprint density at radius 1 is 1.19 bits per heavy atom. The molecule has 6 heteroatoms. The summed E-state index contributed by atoms with van der Waals surface area (Å²) in [6.07, 6.45) is 4.91. The minimum absolute atomic E-state index is 0.0466. The van der Waals surface area contributed by atoms with Crippen molar-refractivity contribution in [1.82, 2.24) is 19.9 Å². The predicted octanol–water partition coefficient (Wildman–Crippen LogP) is 4.48. The van der Waals surface area contributed by atoms with Crippen LogP contribution in [0.25, 0.3) is 5.65 Å². The summed E-state index contributed by atoms with van der Waals surface area (Å²) in [6, 6.07) is 0.327. The highest BCUT2D eigenvalue weighted by Gasteiger charge is 2.33. The molecule has 0 aromatic carbocycles. The van der Waals surface area contributed by atoms with Crippen LogP contribution >= 0.6 is 0 Å². The van der Waals surface area contributed by atoms with Gasteiger partial charge in [-0.05, 0) is 38.5 Å². The molecule has 27 heavy (non-hydrogen) atoms. The Morgan fingerprint density at radius 3 is 2.33 bits per heavy atom. The van der Waals surface area contributed by atoms with Crippen LogP contribution in [0.5, 0.6) is 0 Å². The van der Waals surface area contributed by atoms with Gasteiger partial charge in [-0.25, -0.2) is 9.50 Å². The first-order valence-corrected chi connectivity index (χ1v) is 9.96. The summed E-state index contributed by atoms with van der Waals surface area (Å²) in [4.78, 5) is 17.5. The van der Waals surface area contributed by atoms with Gasteiger partial charge in [0.05, 0.1) is 5.69 Å². The molecule has 0 aliphatic heterocycles. The fourth-order valence-electron chi connectivity index (χ4n) is 3.91. The van der Waals surface area contributed by atoms with E-state index in [2.05, 4.69) is 71.1 Å². The Balaban J connectivity index is 2.02. The van der Waals surface area contributed by atoms with Crippen LogP contribution in [-0.2, 0) is 5.41 Å². The number of H-pyrrole nitrogens is 1. The van der Waals surface area contributed by atoms with Crippen LogP contribution in [-0.4, -0.2) is 32.1 Å². The predicted molar refractivity (Wildman–Crippen MR) is 111 cm³/mol. The Labute approximate surface area is 162 Å². The molecule has 1 aliphatic carbocycles. The molecule has 0 unspecified atom stereocenters. The van der Waals surface area contributed by atoms with Crippen molar-refractivity contribution in [3.63, 3.8) is 0 Å². The van der Waals surface area contributed by atoms with Crippen molar-refractivity contribution >= 4 is 17.4 Å². The van der Waals surface area contributed by atoms with Gasteiger partial charge in [0.1, 0.15) is 5.56 Å². The highest BCUT2D eigenvalue weighted by Crippen LogP contribution is 2.35. The van der Waals surface area contributed by atoms with Crippen LogP contribution in [0.1, 0.15) is 90.7 Å². The summed E-state index contributed by atoms with van der Waals surface area (Å²) < 4.78 is 1.92. The van der Waals surface area contributed by atoms with Crippen molar-refractivity contribution in [3.8, 4) is 0 Å². The van der Waals surface area contributed by atoms with Crippen molar-refractivity contribution in [1.29, 1.82) is 0 Å². The van der Waals surface area contributed by atoms with Crippen LogP contribution in [0, 0.1) is 5.41 Å². The SMILES string of the molecule is CC(C)(C)CC(C)(C)Nc1c(C(C)(C)C)nc2c(C(=O)NC3CC3)c[nH]n12. The number of imidazole rings is 1. The second kappa shape index (κ2) is 6.28. The molecule has 0 radical (unpaired) electrons. The van der Waals surface area contributed by atoms with Gasteiger partial charge >= 0.3 is 0 Å². The molecule has 3 rings (SSSR count). The van der Waals surface area contributed by atoms with E-state index in [9.17, 15) is 4.79 Å². The Bertz CT molecular complexity index is 840. The minimum atomic E-state index is -0.142. The summed E-state index contributed by atoms with van der Waals surface area (Å²) in [6.45, 7) is 17.6. The van der Waals surface area contributed by atoms with Gasteiger partial charge in [0.15, 0.2) is 11.5 Å². The van der Waals surface area contributed by atoms with Crippen LogP contribution in [0.15, 0.2) is 6.20 Å². The van der Waals surface area contributed by atoms with E-state index in [0.717, 1.165) is 30.8 Å². The number of rotatable bonds is 5. The van der Waals surface area contributed by atoms with E-state index in [1.165, 1.54) is 0 Å². The van der Waals surface area contributed by atoms with E-state index in [0.29, 0.717) is 17.3 Å². The zero-order chi connectivity index (χ0) is 20.2. The van der Waals surface area contributed by atoms with E-state index in [1.54, 1.807) is 6.20 Å². The van der Waals surface area contributed by atoms with Gasteiger partial charge in [-0.3, -0.25) is 9.89 Å². The molecule has 1 aliphatic rings. The van der Waals surface area contributed by atoms with E-state index >= 15 is 0 Å². The Kier molecular flexibility index (Phi) is 4.60. The van der Waals surface area contributed by atoms with Crippen molar-refractivity contribution in [2.75, 3.05) is 5.32 Å². The Morgan fingerprint density at radius 2 is 1.81 bits per heavy atom. The molecular weight excluding hydrogens is 338 g/mol. The third-order valence-electron chi connectivity index (χ3n) is 4.75. The van der Waals surface area contributed by atoms with Gasteiger partial charge < -0.3 is 10.6 Å². The van der Waals surface area contributed by atoms with Gasteiger partial charge in [-0.15, -0.1) is 0 Å². The van der Waals surface area contributed by atoms with E-state index in [1.807, 2.05) is 4.52 Å². The fourth-order valence-corrected chi connectivity index (χ4v) is 3.91. The maximum Gasteiger partial charge on any atom is 0.256 e. The average molecular weight is 374 g/mol. The van der Waals surface area contributed by atoms with Crippen molar-refractivity contribution in [3.05, 3.63) is 17.5 Å². The first-order valence-electron chi connectivity index (χ1n) is 9.96. The highest BCUT2D eigenvalue weighted by molar-refractivity contribution is 6.00. The molecule has 0 spiro atoms. The number of amides is 1. The number of carbonyl (C=O) groups is 1. The third-order valence-corrected chi connectivity index (χ3v) is 4.75. The van der Waals surface area contributed by atoms with Gasteiger partial charge in [-0.1, -0.05) is 41.5 Å². The molecule has 2 aromatic rings. The van der Waals surface area contributed by atoms with Gasteiger partial charge in [-0.2, -0.15) is 0 Å². The summed E-state index contributed by atoms with van der Waals surface area (Å²) in [5.74, 6) is 0.895.